The number of aliphatic imine (C=N–C) groups is 1. The van der Waals surface area contributed by atoms with Gasteiger partial charge in [0.25, 0.3) is 5.84 Å². The Morgan fingerprint density at radius 2 is 2.10 bits per heavy atom. The van der Waals surface area contributed by atoms with E-state index in [1.165, 1.54) is 23.8 Å². The molecule has 0 aliphatic carbocycles. The smallest absolute Gasteiger partial charge is 0.352 e. The van der Waals surface area contributed by atoms with E-state index in [0.29, 0.717) is 22.7 Å². The van der Waals surface area contributed by atoms with E-state index < -0.39 is 12.1 Å². The van der Waals surface area contributed by atoms with Crippen LogP contribution in [-0.2, 0) is 9.53 Å². The second-order valence-corrected chi connectivity index (χ2v) is 7.35. The normalized spacial score (nSPS) is 12.8. The monoisotopic (exact) mass is 429 g/mol. The fourth-order valence-electron chi connectivity index (χ4n) is 2.94. The minimum atomic E-state index is -1.10. The highest BCUT2D eigenvalue weighted by atomic mass is 32.1. The summed E-state index contributed by atoms with van der Waals surface area (Å²) in [7, 11) is 0. The van der Waals surface area contributed by atoms with Gasteiger partial charge in [0.1, 0.15) is 18.2 Å². The highest BCUT2D eigenvalue weighted by molar-refractivity contribution is 7.13. The summed E-state index contributed by atoms with van der Waals surface area (Å²) in [5.74, 6) is -0.0383. The van der Waals surface area contributed by atoms with Crippen LogP contribution in [0, 0.1) is 11.3 Å². The fourth-order valence-corrected chi connectivity index (χ4v) is 3.62. The summed E-state index contributed by atoms with van der Waals surface area (Å²) in [6, 6.07) is 16.7. The zero-order chi connectivity index (χ0) is 21.6. The lowest BCUT2D eigenvalue weighted by Gasteiger charge is -2.19. The topological polar surface area (TPSA) is 98.5 Å². The minimum absolute atomic E-state index is 0.0317. The third-order valence-corrected chi connectivity index (χ3v) is 5.30. The first-order valence-corrected chi connectivity index (χ1v) is 10.2. The highest BCUT2D eigenvalue weighted by Crippen LogP contribution is 2.32. The zero-order valence-electron chi connectivity index (χ0n) is 16.3. The van der Waals surface area contributed by atoms with Crippen LogP contribution in [0.15, 0.2) is 71.6 Å². The number of nitriles is 1. The van der Waals surface area contributed by atoms with Crippen LogP contribution in [-0.4, -0.2) is 29.7 Å². The number of thiophene rings is 1. The molecule has 152 valence electrons. The number of nitrogens with one attached hydrogen (secondary N) is 1. The lowest BCUT2D eigenvalue weighted by Crippen LogP contribution is -2.77. The van der Waals surface area contributed by atoms with Gasteiger partial charge in [0.05, 0.1) is 16.1 Å². The molecule has 0 radical (unpaired) electrons. The number of rotatable bonds is 8. The van der Waals surface area contributed by atoms with E-state index in [1.54, 1.807) is 30.3 Å². The first kappa shape index (κ1) is 20.2. The number of nitrogens with zero attached hydrogens (tertiary/aromatic N) is 3. The van der Waals surface area contributed by atoms with Gasteiger partial charge in [-0.2, -0.15) is 5.26 Å². The Morgan fingerprint density at radius 1 is 1.29 bits per heavy atom. The van der Waals surface area contributed by atoms with Crippen molar-refractivity contribution in [3.63, 3.8) is 0 Å². The molecule has 0 spiro atoms. The van der Waals surface area contributed by atoms with Crippen LogP contribution in [0.5, 0.6) is 5.88 Å². The van der Waals surface area contributed by atoms with Crippen molar-refractivity contribution in [2.24, 2.45) is 4.99 Å². The van der Waals surface area contributed by atoms with E-state index in [4.69, 9.17) is 9.47 Å². The van der Waals surface area contributed by atoms with Crippen LogP contribution in [0.25, 0.3) is 10.6 Å². The molecule has 0 saturated carbocycles. The number of pyridine rings is 1. The quantitative estimate of drug-likeness (QED) is 0.438. The predicted molar refractivity (Wildman–Crippen MR) is 117 cm³/mol. The Bertz CT molecular complexity index is 1210. The van der Waals surface area contributed by atoms with Crippen molar-refractivity contribution in [3.05, 3.63) is 83.3 Å². The molecule has 2 aromatic heterocycles. The van der Waals surface area contributed by atoms with E-state index in [0.717, 1.165) is 4.88 Å². The molecule has 1 aliphatic rings. The molecule has 8 heteroatoms. The van der Waals surface area contributed by atoms with Gasteiger partial charge in [-0.3, -0.25) is 0 Å². The van der Waals surface area contributed by atoms with Crippen molar-refractivity contribution in [1.82, 2.24) is 4.98 Å². The van der Waals surface area contributed by atoms with Crippen molar-refractivity contribution < 1.29 is 19.3 Å². The summed E-state index contributed by atoms with van der Waals surface area (Å²) in [5.41, 5.74) is 1.92. The van der Waals surface area contributed by atoms with Crippen LogP contribution in [0.2, 0.25) is 0 Å². The second kappa shape index (κ2) is 9.15. The number of hydrogen-bond acceptors (Lipinski definition) is 7. The van der Waals surface area contributed by atoms with Gasteiger partial charge in [-0.05, 0) is 17.5 Å². The summed E-state index contributed by atoms with van der Waals surface area (Å²) in [4.78, 5) is 25.3. The third kappa shape index (κ3) is 4.27. The molecule has 3 heterocycles. The molecule has 3 aromatic rings. The maximum atomic E-state index is 12.8. The number of esters is 1. The Kier molecular flexibility index (Phi) is 5.96. The number of aromatic nitrogens is 1. The summed E-state index contributed by atoms with van der Waals surface area (Å²) in [5, 5.41) is 11.8. The summed E-state index contributed by atoms with van der Waals surface area (Å²) in [6.07, 6.45) is 1.91. The van der Waals surface area contributed by atoms with Gasteiger partial charge in [0, 0.05) is 5.56 Å². The first-order valence-electron chi connectivity index (χ1n) is 9.36. The SMILES string of the molecule is C=CCOC(=O)C(Oc1nc(-c2cccs2)cc(C2=[NH+]C=N2)c1C#N)c1ccccc1. The number of hydrogen-bond donors (Lipinski definition) is 1. The van der Waals surface area contributed by atoms with E-state index in [9.17, 15) is 10.1 Å². The van der Waals surface area contributed by atoms with Crippen LogP contribution in [0.1, 0.15) is 22.8 Å². The van der Waals surface area contributed by atoms with Crippen LogP contribution in [0.4, 0.5) is 0 Å². The number of benzene rings is 1. The molecule has 1 unspecified atom stereocenters. The molecule has 1 aliphatic heterocycles. The molecule has 1 atom stereocenters. The largest absolute Gasteiger partial charge is 0.458 e. The number of carbonyl (C=O) groups is 1. The number of carbonyl (C=O) groups excluding carboxylic acids is 1. The van der Waals surface area contributed by atoms with Gasteiger partial charge in [-0.1, -0.05) is 54.0 Å². The van der Waals surface area contributed by atoms with E-state index >= 15 is 0 Å². The predicted octanol–water partition coefficient (Wildman–Crippen LogP) is 2.40. The molecule has 0 amide bonds. The van der Waals surface area contributed by atoms with Crippen molar-refractivity contribution in [2.75, 3.05) is 6.61 Å². The van der Waals surface area contributed by atoms with Crippen molar-refractivity contribution in [2.45, 2.75) is 6.10 Å². The fraction of sp³-hybridized carbons (Fsp3) is 0.0870. The summed E-state index contributed by atoms with van der Waals surface area (Å²) >= 11 is 1.51. The maximum Gasteiger partial charge on any atom is 0.352 e. The number of ether oxygens (including phenoxy) is 2. The molecule has 7 nitrogen and oxygen atoms in total. The summed E-state index contributed by atoms with van der Waals surface area (Å²) in [6.45, 7) is 3.61. The van der Waals surface area contributed by atoms with Gasteiger partial charge < -0.3 is 9.47 Å². The molecule has 0 saturated heterocycles. The van der Waals surface area contributed by atoms with Gasteiger partial charge in [-0.15, -0.1) is 11.3 Å². The second-order valence-electron chi connectivity index (χ2n) is 6.40. The molecular formula is C23H17N4O3S+. The Balaban J connectivity index is 1.80. The minimum Gasteiger partial charge on any atom is -0.458 e. The lowest BCUT2D eigenvalue weighted by atomic mass is 10.1. The van der Waals surface area contributed by atoms with Gasteiger partial charge in [-0.25, -0.2) is 14.8 Å². The van der Waals surface area contributed by atoms with E-state index in [2.05, 4.69) is 27.6 Å². The Morgan fingerprint density at radius 3 is 2.71 bits per heavy atom. The first-order chi connectivity index (χ1) is 15.2. The standard InChI is InChI=1S/C23H16N4O3S/c1-2-10-29-23(28)20(15-7-4-3-5-8-15)30-22-17(13-24)16(21-25-14-26-21)12-18(27-22)19-9-6-11-31-19/h2-9,11-12,14,20H,1,10H2/p+1. The van der Waals surface area contributed by atoms with Gasteiger partial charge in [0.15, 0.2) is 0 Å². The van der Waals surface area contributed by atoms with E-state index in [1.807, 2.05) is 23.6 Å². The molecule has 31 heavy (non-hydrogen) atoms. The van der Waals surface area contributed by atoms with Crippen LogP contribution < -0.4 is 9.73 Å². The van der Waals surface area contributed by atoms with E-state index in [-0.39, 0.29) is 18.1 Å². The van der Waals surface area contributed by atoms with Crippen molar-refractivity contribution in [1.29, 1.82) is 5.26 Å². The molecule has 1 N–H and O–H groups in total. The molecule has 4 rings (SSSR count). The van der Waals surface area contributed by atoms with Crippen LogP contribution in [0.3, 0.4) is 0 Å². The third-order valence-electron chi connectivity index (χ3n) is 4.41. The lowest BCUT2D eigenvalue weighted by molar-refractivity contribution is -0.317. The molecule has 0 bridgehead atoms. The summed E-state index contributed by atoms with van der Waals surface area (Å²) < 4.78 is 11.3. The zero-order valence-corrected chi connectivity index (χ0v) is 17.1. The van der Waals surface area contributed by atoms with Crippen molar-refractivity contribution in [3.8, 4) is 22.5 Å². The average molecular weight is 429 g/mol. The van der Waals surface area contributed by atoms with Gasteiger partial charge >= 0.3 is 5.97 Å². The molecule has 0 fully saturated rings. The molecular weight excluding hydrogens is 412 g/mol. The van der Waals surface area contributed by atoms with Gasteiger partial charge in [0.2, 0.25) is 18.3 Å². The van der Waals surface area contributed by atoms with Crippen LogP contribution >= 0.6 is 11.3 Å². The Hall–Kier alpha value is -4.09. The maximum absolute atomic E-state index is 12.8. The Labute approximate surface area is 182 Å². The van der Waals surface area contributed by atoms with Crippen molar-refractivity contribution >= 4 is 29.5 Å². The number of amidine groups is 1. The molecule has 1 aromatic carbocycles. The average Bonchev–Trinajstić information content (AvgIpc) is 3.30. The highest BCUT2D eigenvalue weighted by Gasteiger charge is 2.29.